The van der Waals surface area contributed by atoms with Crippen LogP contribution < -0.4 is 5.32 Å². The Hall–Kier alpha value is -3.03. The fourth-order valence-corrected chi connectivity index (χ4v) is 3.93. The lowest BCUT2D eigenvalue weighted by atomic mass is 10.1. The largest absolute Gasteiger partial charge is 0.355 e. The van der Waals surface area contributed by atoms with Gasteiger partial charge in [-0.1, -0.05) is 30.3 Å². The van der Waals surface area contributed by atoms with E-state index in [1.165, 1.54) is 12.1 Å². The molecule has 1 N–H and O–H groups in total. The van der Waals surface area contributed by atoms with Crippen molar-refractivity contribution in [1.82, 2.24) is 24.9 Å². The Morgan fingerprint density at radius 2 is 1.81 bits per heavy atom. The van der Waals surface area contributed by atoms with E-state index in [1.54, 1.807) is 6.07 Å². The smallest absolute Gasteiger partial charge is 0.220 e. The first-order chi connectivity index (χ1) is 15.6. The van der Waals surface area contributed by atoms with E-state index in [0.29, 0.717) is 19.4 Å². The van der Waals surface area contributed by atoms with Crippen molar-refractivity contribution in [1.29, 1.82) is 0 Å². The Morgan fingerprint density at radius 3 is 2.56 bits per heavy atom. The zero-order valence-electron chi connectivity index (χ0n) is 18.5. The number of amides is 1. The van der Waals surface area contributed by atoms with E-state index in [2.05, 4.69) is 22.2 Å². The molecule has 7 heteroatoms. The summed E-state index contributed by atoms with van der Waals surface area (Å²) in [6, 6.07) is 18.2. The SMILES string of the molecule is CN1CCN(CCNC(=O)CCc2cc(-c3cccc(F)c3)n(-c3ccccc3)n2)CC1. The number of likely N-dealkylation sites (N-methyl/N-ethyl adjacent to an activating group) is 1. The highest BCUT2D eigenvalue weighted by molar-refractivity contribution is 5.76. The molecule has 168 valence electrons. The molecule has 0 atom stereocenters. The number of rotatable bonds is 8. The number of carbonyl (C=O) groups is 1. The molecule has 4 rings (SSSR count). The summed E-state index contributed by atoms with van der Waals surface area (Å²) in [5.74, 6) is -0.259. The fourth-order valence-electron chi connectivity index (χ4n) is 3.93. The van der Waals surface area contributed by atoms with Gasteiger partial charge in [0.2, 0.25) is 5.91 Å². The molecule has 6 nitrogen and oxygen atoms in total. The molecule has 0 saturated carbocycles. The average Bonchev–Trinajstić information content (AvgIpc) is 3.24. The van der Waals surface area contributed by atoms with E-state index in [4.69, 9.17) is 5.10 Å². The third-order valence-corrected chi connectivity index (χ3v) is 5.84. The van der Waals surface area contributed by atoms with Gasteiger partial charge >= 0.3 is 0 Å². The number of hydrogen-bond acceptors (Lipinski definition) is 4. The van der Waals surface area contributed by atoms with E-state index in [-0.39, 0.29) is 11.7 Å². The molecule has 1 saturated heterocycles. The Balaban J connectivity index is 1.38. The number of carbonyl (C=O) groups excluding carboxylic acids is 1. The van der Waals surface area contributed by atoms with E-state index in [9.17, 15) is 9.18 Å². The lowest BCUT2D eigenvalue weighted by Crippen LogP contribution is -2.46. The van der Waals surface area contributed by atoms with Crippen LogP contribution in [0, 0.1) is 5.82 Å². The lowest BCUT2D eigenvalue weighted by Gasteiger charge is -2.32. The van der Waals surface area contributed by atoms with Gasteiger partial charge in [-0.3, -0.25) is 9.69 Å². The van der Waals surface area contributed by atoms with Gasteiger partial charge in [-0.05, 0) is 37.4 Å². The second-order valence-corrected chi connectivity index (χ2v) is 8.27. The molecule has 0 radical (unpaired) electrons. The number of hydrogen-bond donors (Lipinski definition) is 1. The zero-order valence-corrected chi connectivity index (χ0v) is 18.5. The summed E-state index contributed by atoms with van der Waals surface area (Å²) in [7, 11) is 2.14. The summed E-state index contributed by atoms with van der Waals surface area (Å²) in [6.45, 7) is 5.79. The first kappa shape index (κ1) is 22.2. The third-order valence-electron chi connectivity index (χ3n) is 5.84. The molecule has 1 fully saturated rings. The van der Waals surface area contributed by atoms with Crippen LogP contribution in [-0.4, -0.2) is 71.8 Å². The second kappa shape index (κ2) is 10.5. The highest BCUT2D eigenvalue weighted by atomic mass is 19.1. The van der Waals surface area contributed by atoms with Gasteiger partial charge in [0.1, 0.15) is 5.82 Å². The van der Waals surface area contributed by atoms with Crippen LogP contribution in [0.1, 0.15) is 12.1 Å². The van der Waals surface area contributed by atoms with Crippen LogP contribution in [-0.2, 0) is 11.2 Å². The number of nitrogens with one attached hydrogen (secondary N) is 1. The minimum absolute atomic E-state index is 0.0284. The Morgan fingerprint density at radius 1 is 1.03 bits per heavy atom. The van der Waals surface area contributed by atoms with Gasteiger partial charge in [-0.2, -0.15) is 5.10 Å². The number of benzene rings is 2. The van der Waals surface area contributed by atoms with Gasteiger partial charge in [0, 0.05) is 57.7 Å². The lowest BCUT2D eigenvalue weighted by molar-refractivity contribution is -0.121. The molecule has 1 aliphatic rings. The average molecular weight is 436 g/mol. The van der Waals surface area contributed by atoms with Gasteiger partial charge in [0.15, 0.2) is 0 Å². The molecule has 32 heavy (non-hydrogen) atoms. The molecule has 2 aromatic carbocycles. The van der Waals surface area contributed by atoms with Crippen molar-refractivity contribution in [3.05, 3.63) is 72.2 Å². The topological polar surface area (TPSA) is 53.4 Å². The second-order valence-electron chi connectivity index (χ2n) is 8.27. The van der Waals surface area contributed by atoms with E-state index >= 15 is 0 Å². The van der Waals surface area contributed by atoms with Gasteiger partial charge in [0.05, 0.1) is 17.1 Å². The first-order valence-electron chi connectivity index (χ1n) is 11.2. The standard InChI is InChI=1S/C25H30FN5O/c1-29-14-16-30(17-15-29)13-12-27-25(32)11-10-22-19-24(20-6-5-7-21(26)18-20)31(28-22)23-8-3-2-4-9-23/h2-9,18-19H,10-17H2,1H3,(H,27,32). The van der Waals surface area contributed by atoms with Crippen molar-refractivity contribution in [2.75, 3.05) is 46.3 Å². The van der Waals surface area contributed by atoms with Gasteiger partial charge in [-0.25, -0.2) is 9.07 Å². The van der Waals surface area contributed by atoms with Crippen molar-refractivity contribution in [3.8, 4) is 16.9 Å². The molecule has 0 bridgehead atoms. The van der Waals surface area contributed by atoms with Gasteiger partial charge < -0.3 is 10.2 Å². The number of piperazine rings is 1. The summed E-state index contributed by atoms with van der Waals surface area (Å²) < 4.78 is 15.6. The molecule has 0 unspecified atom stereocenters. The summed E-state index contributed by atoms with van der Waals surface area (Å²) in [5, 5.41) is 7.75. The van der Waals surface area contributed by atoms with Crippen LogP contribution in [0.15, 0.2) is 60.7 Å². The molecule has 1 amide bonds. The van der Waals surface area contributed by atoms with Crippen molar-refractivity contribution >= 4 is 5.91 Å². The van der Waals surface area contributed by atoms with Crippen molar-refractivity contribution in [3.63, 3.8) is 0 Å². The molecule has 0 aliphatic carbocycles. The highest BCUT2D eigenvalue weighted by Gasteiger charge is 2.15. The van der Waals surface area contributed by atoms with Crippen LogP contribution in [0.2, 0.25) is 0 Å². The Bertz CT molecular complexity index is 1030. The number of halogens is 1. The minimum Gasteiger partial charge on any atom is -0.355 e. The van der Waals surface area contributed by atoms with E-state index in [1.807, 2.05) is 47.1 Å². The third kappa shape index (κ3) is 5.81. The molecular weight excluding hydrogens is 405 g/mol. The Labute approximate surface area is 188 Å². The normalized spacial score (nSPS) is 15.1. The Kier molecular flexibility index (Phi) is 7.29. The van der Waals surface area contributed by atoms with Gasteiger partial charge in [0.25, 0.3) is 0 Å². The summed E-state index contributed by atoms with van der Waals surface area (Å²) in [5.41, 5.74) is 3.27. The summed E-state index contributed by atoms with van der Waals surface area (Å²) >= 11 is 0. The van der Waals surface area contributed by atoms with Crippen LogP contribution in [0.5, 0.6) is 0 Å². The minimum atomic E-state index is -0.287. The maximum Gasteiger partial charge on any atom is 0.220 e. The van der Waals surface area contributed by atoms with Crippen LogP contribution in [0.3, 0.4) is 0 Å². The quantitative estimate of drug-likeness (QED) is 0.591. The number of para-hydroxylation sites is 1. The predicted molar refractivity (Wildman–Crippen MR) is 124 cm³/mol. The maximum absolute atomic E-state index is 13.8. The number of nitrogens with zero attached hydrogens (tertiary/aromatic N) is 4. The van der Waals surface area contributed by atoms with Crippen molar-refractivity contribution < 1.29 is 9.18 Å². The molecule has 2 heterocycles. The highest BCUT2D eigenvalue weighted by Crippen LogP contribution is 2.25. The number of aryl methyl sites for hydroxylation is 1. The molecule has 0 spiro atoms. The van der Waals surface area contributed by atoms with Crippen LogP contribution in [0.4, 0.5) is 4.39 Å². The predicted octanol–water partition coefficient (Wildman–Crippen LogP) is 2.97. The summed E-state index contributed by atoms with van der Waals surface area (Å²) in [4.78, 5) is 17.1. The first-order valence-corrected chi connectivity index (χ1v) is 11.2. The van der Waals surface area contributed by atoms with Crippen molar-refractivity contribution in [2.45, 2.75) is 12.8 Å². The van der Waals surface area contributed by atoms with Crippen molar-refractivity contribution in [2.24, 2.45) is 0 Å². The summed E-state index contributed by atoms with van der Waals surface area (Å²) in [6.07, 6.45) is 0.902. The molecule has 1 aromatic heterocycles. The molecular formula is C25H30FN5O. The van der Waals surface area contributed by atoms with Gasteiger partial charge in [-0.15, -0.1) is 0 Å². The monoisotopic (exact) mass is 435 g/mol. The van der Waals surface area contributed by atoms with Crippen LogP contribution in [0.25, 0.3) is 16.9 Å². The fraction of sp³-hybridized carbons (Fsp3) is 0.360. The number of aromatic nitrogens is 2. The maximum atomic E-state index is 13.8. The van der Waals surface area contributed by atoms with E-state index in [0.717, 1.165) is 55.4 Å². The molecule has 3 aromatic rings. The zero-order chi connectivity index (χ0) is 22.3. The van der Waals surface area contributed by atoms with E-state index < -0.39 is 0 Å². The molecule has 1 aliphatic heterocycles. The van der Waals surface area contributed by atoms with Crippen LogP contribution >= 0.6 is 0 Å².